The molecule has 6 rings (SSSR count). The second-order valence-electron chi connectivity index (χ2n) is 24.4. The number of ether oxygens (including phenoxy) is 3. The highest BCUT2D eigenvalue weighted by Crippen LogP contribution is 2.41. The minimum atomic E-state index is -4.40. The number of nitrogens with one attached hydrogen (secondary N) is 2. The summed E-state index contributed by atoms with van der Waals surface area (Å²) in [5.74, 6) is -3.05. The highest BCUT2D eigenvalue weighted by molar-refractivity contribution is 6.58. The van der Waals surface area contributed by atoms with Crippen LogP contribution in [-0.4, -0.2) is 183 Å². The summed E-state index contributed by atoms with van der Waals surface area (Å²) >= 11 is 0. The van der Waals surface area contributed by atoms with E-state index in [2.05, 4.69) is 59.8 Å². The summed E-state index contributed by atoms with van der Waals surface area (Å²) < 4.78 is 55.7. The zero-order chi connectivity index (χ0) is 62.4. The fourth-order valence-electron chi connectivity index (χ4n) is 10.9. The average Bonchev–Trinajstić information content (AvgIpc) is 1.63. The van der Waals surface area contributed by atoms with E-state index in [1.54, 1.807) is 14.0 Å². The van der Waals surface area contributed by atoms with Crippen molar-refractivity contribution in [3.8, 4) is 11.5 Å². The van der Waals surface area contributed by atoms with Gasteiger partial charge in [0.15, 0.2) is 28.7 Å². The lowest BCUT2D eigenvalue weighted by molar-refractivity contribution is -0.870. The number of nitrogens with zero attached hydrogens (tertiary/aromatic N) is 7. The summed E-state index contributed by atoms with van der Waals surface area (Å²) in [5.41, 5.74) is 3.64. The zero-order valence-electron chi connectivity index (χ0n) is 51.5. The molecule has 3 aliphatic rings. The number of unbranched alkanes of at least 4 members (excludes halogenated alkanes) is 2. The Morgan fingerprint density at radius 3 is 2.20 bits per heavy atom. The topological polar surface area (TPSA) is 221 Å². The van der Waals surface area contributed by atoms with Crippen LogP contribution in [0.3, 0.4) is 0 Å². The largest absolute Gasteiger partial charge is 0.737 e. The predicted octanol–water partition coefficient (Wildman–Crippen LogP) is 7.94. The van der Waals surface area contributed by atoms with Gasteiger partial charge >= 0.3 is 13.1 Å². The van der Waals surface area contributed by atoms with Crippen LogP contribution in [0.5, 0.6) is 11.5 Å². The molecule has 0 aliphatic carbocycles. The van der Waals surface area contributed by atoms with Crippen molar-refractivity contribution in [2.75, 3.05) is 95.8 Å². The summed E-state index contributed by atoms with van der Waals surface area (Å²) in [6.45, 7) is 3.48. The number of quaternary nitrogens is 2. The van der Waals surface area contributed by atoms with Gasteiger partial charge in [0.1, 0.15) is 12.7 Å². The lowest BCUT2D eigenvalue weighted by Crippen LogP contribution is -2.51. The van der Waals surface area contributed by atoms with Crippen LogP contribution in [0.2, 0.25) is 0 Å². The molecule has 21 nitrogen and oxygen atoms in total. The Morgan fingerprint density at radius 1 is 0.882 bits per heavy atom. The van der Waals surface area contributed by atoms with Crippen LogP contribution in [0.15, 0.2) is 65.9 Å². The van der Waals surface area contributed by atoms with Gasteiger partial charge in [-0.05, 0) is 101 Å². The lowest BCUT2D eigenvalue weighted by atomic mass is 9.88. The number of nitro groups is 1. The molecule has 0 saturated carbocycles. The van der Waals surface area contributed by atoms with E-state index in [1.165, 1.54) is 24.6 Å². The third kappa shape index (κ3) is 18.1. The summed E-state index contributed by atoms with van der Waals surface area (Å²) in [7, 11) is 15.7. The Morgan fingerprint density at radius 2 is 1.56 bits per heavy atom. The molecule has 85 heavy (non-hydrogen) atoms. The van der Waals surface area contributed by atoms with Crippen LogP contribution >= 0.6 is 0 Å². The number of amides is 4. The van der Waals surface area contributed by atoms with Crippen molar-refractivity contribution < 1.29 is 74.8 Å². The standard InChI is InChI=1S/C61H86BF2N9O12/c1-12-14-21-44-36-47(68-51(44)40-52-45(25-20-34-73(8,9)10)37-50(69(52)62(68,63)64)43-22-16-15-17-23-43)26-27-57(75)66-49(13-2)54(74)38-46(24-18-19-33-72(5,6)7)60(78)65-30-31-67(4)32-35-83-56-41-53(71(80)81)48(39-55(56)82-11)42(3)84-61(79)85-70-58(76)28-29-59(70)77/h15-17,22-23,36-37,39-42,46,49H,12-14,18-21,24-35,38H2,1-11H3/p+2. The summed E-state index contributed by atoms with van der Waals surface area (Å²) in [5, 5.41) is 18.4. The van der Waals surface area contributed by atoms with Gasteiger partial charge in [0, 0.05) is 86.6 Å². The first-order chi connectivity index (χ1) is 40.2. The number of aromatic nitrogens is 1. The number of likely N-dealkylation sites (N-methyl/N-ethyl adjacent to an activating group) is 1. The number of Topliss-reactive ketones (excluding diaryl/α,β-unsaturated/α-hetero) is 1. The Hall–Kier alpha value is -7.31. The summed E-state index contributed by atoms with van der Waals surface area (Å²) in [6.07, 6.45) is 6.64. The fourth-order valence-corrected chi connectivity index (χ4v) is 10.9. The van der Waals surface area contributed by atoms with Gasteiger partial charge in [0.05, 0.1) is 85.1 Å². The molecule has 3 aromatic rings. The van der Waals surface area contributed by atoms with E-state index >= 15 is 8.63 Å². The number of methoxy groups -OCH3 is 1. The number of allylic oxidation sites excluding steroid dienone is 2. The van der Waals surface area contributed by atoms with Crippen molar-refractivity contribution >= 4 is 60.0 Å². The molecule has 1 saturated heterocycles. The van der Waals surface area contributed by atoms with Crippen molar-refractivity contribution in [3.05, 3.63) is 104 Å². The maximum atomic E-state index is 17.6. The number of rotatable bonds is 34. The Kier molecular flexibility index (Phi) is 23.3. The molecular weight excluding hydrogens is 1100 g/mol. The van der Waals surface area contributed by atoms with Crippen molar-refractivity contribution in [2.24, 2.45) is 5.92 Å². The Labute approximate surface area is 498 Å². The van der Waals surface area contributed by atoms with E-state index in [4.69, 9.17) is 19.0 Å². The highest BCUT2D eigenvalue weighted by atomic mass is 19.2. The van der Waals surface area contributed by atoms with E-state index in [-0.39, 0.29) is 80.4 Å². The molecule has 464 valence electrons. The number of fused-ring (bicyclic) bond motifs is 2. The highest BCUT2D eigenvalue weighted by Gasteiger charge is 2.54. The van der Waals surface area contributed by atoms with Crippen LogP contribution in [0.1, 0.15) is 132 Å². The number of hydrogen-bond acceptors (Lipinski definition) is 13. The third-order valence-electron chi connectivity index (χ3n) is 15.5. The second kappa shape index (κ2) is 29.7. The maximum absolute atomic E-state index is 17.6. The monoisotopic (exact) mass is 1190 g/mol. The van der Waals surface area contributed by atoms with Crippen LogP contribution < -0.4 is 20.1 Å². The second-order valence-corrected chi connectivity index (χ2v) is 24.4. The average molecular weight is 1190 g/mol. The van der Waals surface area contributed by atoms with E-state index in [0.717, 1.165) is 69.4 Å². The van der Waals surface area contributed by atoms with Crippen molar-refractivity contribution in [2.45, 2.75) is 123 Å². The minimum absolute atomic E-state index is 0.0172. The first-order valence-corrected chi connectivity index (χ1v) is 29.7. The minimum Gasteiger partial charge on any atom is -0.493 e. The lowest BCUT2D eigenvalue weighted by Gasteiger charge is -2.32. The molecule has 3 atom stereocenters. The third-order valence-corrected chi connectivity index (χ3v) is 15.5. The molecule has 24 heteroatoms. The molecule has 3 unspecified atom stereocenters. The SMILES string of the molecule is CCCCc1cc(CCC(=O)NC(CC)C(=O)CC(CCCC[N+](C)(C)C)C(=O)NCCN(C)CCOc2cc([N+](=O)[O-])c(C(C)OC(=O)ON3C(=O)CCC3=O)cc2OC)n2c1C=C1C(CCC[N+](C)(C)C)=CC(c3ccccc3)=[N+]1[B-]2(F)F. The Balaban J connectivity index is 1.07. The molecule has 2 N–H and O–H groups in total. The van der Waals surface area contributed by atoms with Gasteiger partial charge in [-0.2, -0.15) is 0 Å². The number of ketones is 1. The van der Waals surface area contributed by atoms with Crippen molar-refractivity contribution in [1.82, 2.24) is 25.1 Å². The molecule has 0 spiro atoms. The van der Waals surface area contributed by atoms with Crippen LogP contribution in [-0.2, 0) is 46.4 Å². The van der Waals surface area contributed by atoms with E-state index < -0.39 is 59.5 Å². The molecule has 2 aromatic carbocycles. The number of aryl methyl sites for hydroxylation is 2. The van der Waals surface area contributed by atoms with Gasteiger partial charge in [0.25, 0.3) is 17.5 Å². The molecule has 4 amide bonds. The van der Waals surface area contributed by atoms with Crippen LogP contribution in [0.25, 0.3) is 6.08 Å². The number of carbonyl (C=O) groups is 6. The Bertz CT molecular complexity index is 3010. The van der Waals surface area contributed by atoms with E-state index in [9.17, 15) is 38.9 Å². The van der Waals surface area contributed by atoms with Crippen molar-refractivity contribution in [3.63, 3.8) is 0 Å². The van der Waals surface area contributed by atoms with Gasteiger partial charge in [-0.1, -0.05) is 43.5 Å². The fraction of sp³-hybridized carbons (Fsp3) is 0.557. The number of hydrogen-bond donors (Lipinski definition) is 2. The first kappa shape index (κ1) is 66.8. The molecule has 3 aliphatic heterocycles. The molecule has 0 bridgehead atoms. The molecule has 4 heterocycles. The molecule has 1 aromatic heterocycles. The van der Waals surface area contributed by atoms with E-state index in [1.807, 2.05) is 53.5 Å². The maximum Gasteiger partial charge on any atom is 0.737 e. The molecule has 0 radical (unpaired) electrons. The van der Waals surface area contributed by atoms with Gasteiger partial charge in [0.2, 0.25) is 11.8 Å². The first-order valence-electron chi connectivity index (χ1n) is 29.7. The van der Waals surface area contributed by atoms with Gasteiger partial charge in [-0.3, -0.25) is 38.9 Å². The van der Waals surface area contributed by atoms with Gasteiger partial charge in [-0.25, -0.2) is 4.79 Å². The smallest absolute Gasteiger partial charge is 0.493 e. The van der Waals surface area contributed by atoms with E-state index in [0.29, 0.717) is 72.2 Å². The predicted molar refractivity (Wildman–Crippen MR) is 319 cm³/mol. The number of carbonyl (C=O) groups excluding carboxylic acids is 6. The molecular formula is C61H88BF2N9O12+2. The van der Waals surface area contributed by atoms with Gasteiger partial charge < -0.3 is 56.3 Å². The van der Waals surface area contributed by atoms with Crippen molar-refractivity contribution in [1.29, 1.82) is 0 Å². The molecule has 1 fully saturated rings. The quantitative estimate of drug-likeness (QED) is 0.0110. The zero-order valence-corrected chi connectivity index (χ0v) is 51.5. The number of imide groups is 1. The van der Waals surface area contributed by atoms with Crippen LogP contribution in [0, 0.1) is 16.0 Å². The number of benzene rings is 2. The normalized spacial score (nSPS) is 15.9. The van der Waals surface area contributed by atoms with Crippen LogP contribution in [0.4, 0.5) is 19.1 Å². The number of nitro benzene ring substituents is 1. The summed E-state index contributed by atoms with van der Waals surface area (Å²) in [4.78, 5) is 96.2. The number of halogens is 2. The van der Waals surface area contributed by atoms with Gasteiger partial charge in [-0.15, -0.1) is 0 Å². The number of hydroxylamine groups is 2. The summed E-state index contributed by atoms with van der Waals surface area (Å²) in [6, 6.07) is 12.6.